The molecule has 2 heterocycles. The van der Waals surface area contributed by atoms with E-state index in [9.17, 15) is 4.79 Å². The van der Waals surface area contributed by atoms with Gasteiger partial charge in [-0.05, 0) is 70.1 Å². The number of hydrogen-bond acceptors (Lipinski definition) is 3. The largest absolute Gasteiger partial charge is 0.444 e. The van der Waals surface area contributed by atoms with Gasteiger partial charge in [-0.25, -0.2) is 4.79 Å². The summed E-state index contributed by atoms with van der Waals surface area (Å²) in [5, 5.41) is 0. The Morgan fingerprint density at radius 3 is 2.57 bits per heavy atom. The summed E-state index contributed by atoms with van der Waals surface area (Å²) in [5.41, 5.74) is 0.783. The van der Waals surface area contributed by atoms with E-state index in [1.807, 2.05) is 50.2 Å². The predicted molar refractivity (Wildman–Crippen MR) is 93.0 cm³/mol. The van der Waals surface area contributed by atoms with Gasteiger partial charge in [-0.2, -0.15) is 0 Å². The fourth-order valence-corrected chi connectivity index (χ4v) is 2.76. The van der Waals surface area contributed by atoms with Gasteiger partial charge in [0.05, 0.1) is 0 Å². The number of rotatable bonds is 4. The number of pyridine rings is 1. The van der Waals surface area contributed by atoms with E-state index >= 15 is 0 Å². The number of carbonyl (C=O) groups excluding carboxylic acids is 1. The van der Waals surface area contributed by atoms with Gasteiger partial charge in [0.25, 0.3) is 0 Å². The molecule has 0 aliphatic carbocycles. The maximum Gasteiger partial charge on any atom is 0.410 e. The van der Waals surface area contributed by atoms with Gasteiger partial charge in [0, 0.05) is 25.5 Å². The SMILES string of the molecule is CC(C)(C)OC(=O)N1CCC(CC/C=C\c2ccncc2)CC1. The third-order valence-corrected chi connectivity index (χ3v) is 4.02. The molecule has 2 rings (SSSR count). The third kappa shape index (κ3) is 6.43. The lowest BCUT2D eigenvalue weighted by Gasteiger charge is -2.33. The fraction of sp³-hybridized carbons (Fsp3) is 0.579. The smallest absolute Gasteiger partial charge is 0.410 e. The molecule has 1 saturated heterocycles. The molecule has 1 amide bonds. The first-order chi connectivity index (χ1) is 10.9. The highest BCUT2D eigenvalue weighted by Gasteiger charge is 2.26. The van der Waals surface area contributed by atoms with Gasteiger partial charge in [-0.15, -0.1) is 0 Å². The first kappa shape index (κ1) is 17.5. The summed E-state index contributed by atoms with van der Waals surface area (Å²) in [4.78, 5) is 17.9. The van der Waals surface area contributed by atoms with Gasteiger partial charge in [0.2, 0.25) is 0 Å². The van der Waals surface area contributed by atoms with Crippen LogP contribution in [0.1, 0.15) is 52.0 Å². The van der Waals surface area contributed by atoms with E-state index in [2.05, 4.69) is 17.1 Å². The fourth-order valence-electron chi connectivity index (χ4n) is 2.76. The summed E-state index contributed by atoms with van der Waals surface area (Å²) >= 11 is 0. The van der Waals surface area contributed by atoms with Crippen LogP contribution in [0.4, 0.5) is 4.79 Å². The van der Waals surface area contributed by atoms with Crippen molar-refractivity contribution >= 4 is 12.2 Å². The predicted octanol–water partition coefficient (Wildman–Crippen LogP) is 4.52. The number of aromatic nitrogens is 1. The summed E-state index contributed by atoms with van der Waals surface area (Å²) in [6.45, 7) is 7.35. The zero-order chi connectivity index (χ0) is 16.7. The first-order valence-corrected chi connectivity index (χ1v) is 8.48. The van der Waals surface area contributed by atoms with Crippen LogP contribution in [0, 0.1) is 5.92 Å². The van der Waals surface area contributed by atoms with E-state index in [1.54, 1.807) is 0 Å². The van der Waals surface area contributed by atoms with Crippen LogP contribution in [0.25, 0.3) is 6.08 Å². The molecule has 1 aliphatic rings. The van der Waals surface area contributed by atoms with E-state index in [0.717, 1.165) is 32.4 Å². The Labute approximate surface area is 139 Å². The second-order valence-corrected chi connectivity index (χ2v) is 7.17. The molecule has 0 N–H and O–H groups in total. The van der Waals surface area contributed by atoms with Crippen LogP contribution >= 0.6 is 0 Å². The van der Waals surface area contributed by atoms with Crippen molar-refractivity contribution in [2.45, 2.75) is 52.1 Å². The molecule has 23 heavy (non-hydrogen) atoms. The number of carbonyl (C=O) groups is 1. The van der Waals surface area contributed by atoms with Crippen LogP contribution < -0.4 is 0 Å². The molecular weight excluding hydrogens is 288 g/mol. The second kappa shape index (κ2) is 8.14. The second-order valence-electron chi connectivity index (χ2n) is 7.17. The Hall–Kier alpha value is -1.84. The van der Waals surface area contributed by atoms with Gasteiger partial charge in [-0.3, -0.25) is 4.98 Å². The minimum Gasteiger partial charge on any atom is -0.444 e. The van der Waals surface area contributed by atoms with Crippen molar-refractivity contribution in [1.29, 1.82) is 0 Å². The maximum atomic E-state index is 12.0. The highest BCUT2D eigenvalue weighted by molar-refractivity contribution is 5.68. The number of allylic oxidation sites excluding steroid dienone is 1. The summed E-state index contributed by atoms with van der Waals surface area (Å²) in [6, 6.07) is 4.02. The van der Waals surface area contributed by atoms with Crippen molar-refractivity contribution in [3.8, 4) is 0 Å². The molecule has 0 radical (unpaired) electrons. The lowest BCUT2D eigenvalue weighted by molar-refractivity contribution is 0.0181. The molecule has 0 atom stereocenters. The highest BCUT2D eigenvalue weighted by atomic mass is 16.6. The van der Waals surface area contributed by atoms with Crippen LogP contribution in [0.5, 0.6) is 0 Å². The summed E-state index contributed by atoms with van der Waals surface area (Å²) in [5.74, 6) is 0.704. The van der Waals surface area contributed by atoms with Crippen LogP contribution in [-0.4, -0.2) is 34.7 Å². The van der Waals surface area contributed by atoms with E-state index in [4.69, 9.17) is 4.74 Å². The molecule has 1 aromatic heterocycles. The number of nitrogens with zero attached hydrogens (tertiary/aromatic N) is 2. The zero-order valence-electron chi connectivity index (χ0n) is 14.5. The Morgan fingerprint density at radius 2 is 1.96 bits per heavy atom. The van der Waals surface area contributed by atoms with Gasteiger partial charge < -0.3 is 9.64 Å². The molecule has 4 heteroatoms. The molecule has 1 aromatic rings. The molecule has 0 spiro atoms. The number of piperidine rings is 1. The van der Waals surface area contributed by atoms with E-state index in [-0.39, 0.29) is 6.09 Å². The number of ether oxygens (including phenoxy) is 1. The van der Waals surface area contributed by atoms with Crippen LogP contribution in [0.15, 0.2) is 30.6 Å². The number of hydrogen-bond donors (Lipinski definition) is 0. The molecule has 1 fully saturated rings. The molecule has 1 aliphatic heterocycles. The lowest BCUT2D eigenvalue weighted by atomic mass is 9.92. The van der Waals surface area contributed by atoms with Crippen molar-refractivity contribution < 1.29 is 9.53 Å². The third-order valence-electron chi connectivity index (χ3n) is 4.02. The number of amides is 1. The molecule has 0 bridgehead atoms. The van der Waals surface area contributed by atoms with Crippen molar-refractivity contribution in [1.82, 2.24) is 9.88 Å². The average molecular weight is 316 g/mol. The van der Waals surface area contributed by atoms with Crippen molar-refractivity contribution in [3.63, 3.8) is 0 Å². The average Bonchev–Trinajstić information content (AvgIpc) is 2.51. The normalized spacial score (nSPS) is 16.7. The Bertz CT molecular complexity index is 512. The lowest BCUT2D eigenvalue weighted by Crippen LogP contribution is -2.41. The van der Waals surface area contributed by atoms with Crippen LogP contribution in [0.2, 0.25) is 0 Å². The molecule has 0 aromatic carbocycles. The standard InChI is InChI=1S/C19H28N2O2/c1-19(2,3)23-18(22)21-14-10-17(11-15-21)7-5-4-6-16-8-12-20-13-9-16/h4,6,8-9,12-13,17H,5,7,10-11,14-15H2,1-3H3/b6-4-. The molecule has 0 saturated carbocycles. The summed E-state index contributed by atoms with van der Waals surface area (Å²) in [6.07, 6.45) is 12.2. The van der Waals surface area contributed by atoms with Crippen molar-refractivity contribution in [2.24, 2.45) is 5.92 Å². The van der Waals surface area contributed by atoms with E-state index in [0.29, 0.717) is 5.92 Å². The van der Waals surface area contributed by atoms with Crippen LogP contribution in [0.3, 0.4) is 0 Å². The van der Waals surface area contributed by atoms with Gasteiger partial charge >= 0.3 is 6.09 Å². The quantitative estimate of drug-likeness (QED) is 0.820. The Kier molecular flexibility index (Phi) is 6.20. The molecule has 0 unspecified atom stereocenters. The minimum atomic E-state index is -0.411. The summed E-state index contributed by atoms with van der Waals surface area (Å²) in [7, 11) is 0. The highest BCUT2D eigenvalue weighted by Crippen LogP contribution is 2.23. The minimum absolute atomic E-state index is 0.173. The summed E-state index contributed by atoms with van der Waals surface area (Å²) < 4.78 is 5.43. The van der Waals surface area contributed by atoms with Gasteiger partial charge in [0.1, 0.15) is 5.60 Å². The maximum absolute atomic E-state index is 12.0. The topological polar surface area (TPSA) is 42.4 Å². The monoisotopic (exact) mass is 316 g/mol. The Morgan fingerprint density at radius 1 is 1.30 bits per heavy atom. The number of likely N-dealkylation sites (tertiary alicyclic amines) is 1. The molecule has 126 valence electrons. The van der Waals surface area contributed by atoms with E-state index < -0.39 is 5.60 Å². The van der Waals surface area contributed by atoms with Gasteiger partial charge in [0.15, 0.2) is 0 Å². The molecule has 4 nitrogen and oxygen atoms in total. The van der Waals surface area contributed by atoms with Crippen molar-refractivity contribution in [2.75, 3.05) is 13.1 Å². The van der Waals surface area contributed by atoms with Crippen LogP contribution in [-0.2, 0) is 4.74 Å². The van der Waals surface area contributed by atoms with Gasteiger partial charge in [-0.1, -0.05) is 12.2 Å². The van der Waals surface area contributed by atoms with E-state index in [1.165, 1.54) is 12.0 Å². The molecular formula is C19H28N2O2. The van der Waals surface area contributed by atoms with Crippen molar-refractivity contribution in [3.05, 3.63) is 36.2 Å². The zero-order valence-corrected chi connectivity index (χ0v) is 14.5. The Balaban J connectivity index is 1.67. The first-order valence-electron chi connectivity index (χ1n) is 8.48.